The number of benzene rings is 1. The Morgan fingerprint density at radius 3 is 2.82 bits per heavy atom. The van der Waals surface area contributed by atoms with Crippen LogP contribution in [0.1, 0.15) is 36.3 Å². The molecule has 0 spiro atoms. The Bertz CT molecular complexity index is 583. The van der Waals surface area contributed by atoms with Crippen molar-refractivity contribution < 1.29 is 9.47 Å². The molecule has 22 heavy (non-hydrogen) atoms. The fraction of sp³-hybridized carbons (Fsp3) is 0.556. The number of hydrogen-bond donors (Lipinski definition) is 1. The summed E-state index contributed by atoms with van der Waals surface area (Å²) in [7, 11) is 3.96. The summed E-state index contributed by atoms with van der Waals surface area (Å²) < 4.78 is 11.2. The lowest BCUT2D eigenvalue weighted by atomic mass is 9.83. The highest BCUT2D eigenvalue weighted by Gasteiger charge is 2.28. The quantitative estimate of drug-likeness (QED) is 0.849. The maximum Gasteiger partial charge on any atom is 0.150 e. The smallest absolute Gasteiger partial charge is 0.150 e. The standard InChI is InChI=1S/C18H26N2O2/c1-12-8-17(19)18(22-15-4-5-15)10-16(12)13-6-7-20(2)14(9-13)11-21-3/h4,8,10,13-14H,5-7,9,11,19H2,1-3H3. The molecule has 0 aromatic heterocycles. The number of nitrogen functional groups attached to an aromatic ring is 1. The molecule has 2 N–H and O–H groups in total. The zero-order chi connectivity index (χ0) is 15.7. The van der Waals surface area contributed by atoms with Gasteiger partial charge in [0, 0.05) is 19.6 Å². The molecule has 0 amide bonds. The van der Waals surface area contributed by atoms with Gasteiger partial charge in [-0.2, -0.15) is 0 Å². The average Bonchev–Trinajstić information content (AvgIpc) is 3.29. The van der Waals surface area contributed by atoms with Crippen LogP contribution < -0.4 is 10.5 Å². The van der Waals surface area contributed by atoms with E-state index in [0.717, 1.165) is 43.2 Å². The number of anilines is 1. The van der Waals surface area contributed by atoms with E-state index >= 15 is 0 Å². The van der Waals surface area contributed by atoms with Crippen molar-refractivity contribution in [1.29, 1.82) is 0 Å². The van der Waals surface area contributed by atoms with Gasteiger partial charge in [-0.3, -0.25) is 0 Å². The average molecular weight is 302 g/mol. The normalized spacial score (nSPS) is 25.0. The van der Waals surface area contributed by atoms with E-state index in [-0.39, 0.29) is 0 Å². The highest BCUT2D eigenvalue weighted by Crippen LogP contribution is 2.38. The molecule has 2 atom stereocenters. The minimum absolute atomic E-state index is 0.483. The van der Waals surface area contributed by atoms with Crippen molar-refractivity contribution in [2.24, 2.45) is 0 Å². The fourth-order valence-corrected chi connectivity index (χ4v) is 3.36. The predicted molar refractivity (Wildman–Crippen MR) is 89.2 cm³/mol. The first-order chi connectivity index (χ1) is 10.6. The molecular weight excluding hydrogens is 276 g/mol. The van der Waals surface area contributed by atoms with Gasteiger partial charge in [-0.1, -0.05) is 0 Å². The second kappa shape index (κ2) is 6.31. The fourth-order valence-electron chi connectivity index (χ4n) is 3.36. The molecule has 0 radical (unpaired) electrons. The van der Waals surface area contributed by atoms with Crippen molar-refractivity contribution in [3.63, 3.8) is 0 Å². The second-order valence-corrected chi connectivity index (χ2v) is 6.53. The van der Waals surface area contributed by atoms with E-state index in [0.29, 0.717) is 12.0 Å². The van der Waals surface area contributed by atoms with Gasteiger partial charge in [0.15, 0.2) is 0 Å². The maximum absolute atomic E-state index is 6.11. The zero-order valence-corrected chi connectivity index (χ0v) is 13.8. The van der Waals surface area contributed by atoms with Crippen LogP contribution in [-0.2, 0) is 4.74 Å². The number of likely N-dealkylation sites (N-methyl/N-ethyl adjacent to an activating group) is 1. The summed E-state index contributed by atoms with van der Waals surface area (Å²) in [6.45, 7) is 4.04. The Morgan fingerprint density at radius 2 is 2.14 bits per heavy atom. The third-order valence-corrected chi connectivity index (χ3v) is 4.82. The lowest BCUT2D eigenvalue weighted by molar-refractivity contribution is 0.0750. The number of rotatable bonds is 5. The van der Waals surface area contributed by atoms with Crippen LogP contribution in [0.4, 0.5) is 5.69 Å². The van der Waals surface area contributed by atoms with Gasteiger partial charge in [0.05, 0.1) is 12.3 Å². The molecule has 3 rings (SSSR count). The van der Waals surface area contributed by atoms with Crippen molar-refractivity contribution in [2.45, 2.75) is 38.1 Å². The van der Waals surface area contributed by atoms with Crippen LogP contribution in [0.25, 0.3) is 0 Å². The summed E-state index contributed by atoms with van der Waals surface area (Å²) in [4.78, 5) is 2.40. The molecule has 1 fully saturated rings. The van der Waals surface area contributed by atoms with Crippen LogP contribution in [0, 0.1) is 6.92 Å². The molecule has 0 saturated carbocycles. The second-order valence-electron chi connectivity index (χ2n) is 6.53. The van der Waals surface area contributed by atoms with Crippen LogP contribution in [-0.4, -0.2) is 38.3 Å². The van der Waals surface area contributed by atoms with Crippen molar-refractivity contribution in [3.05, 3.63) is 35.1 Å². The Hall–Kier alpha value is -1.52. The first-order valence-corrected chi connectivity index (χ1v) is 8.04. The number of nitrogens with two attached hydrogens (primary N) is 1. The van der Waals surface area contributed by atoms with Gasteiger partial charge >= 0.3 is 0 Å². The van der Waals surface area contributed by atoms with Crippen LogP contribution in [0.5, 0.6) is 5.75 Å². The van der Waals surface area contributed by atoms with E-state index < -0.39 is 0 Å². The Morgan fingerprint density at radius 1 is 1.36 bits per heavy atom. The topological polar surface area (TPSA) is 47.7 Å². The lowest BCUT2D eigenvalue weighted by Gasteiger charge is -2.37. The molecule has 4 heteroatoms. The van der Waals surface area contributed by atoms with E-state index in [2.05, 4.69) is 37.1 Å². The molecule has 1 heterocycles. The molecular formula is C18H26N2O2. The number of likely N-dealkylation sites (tertiary alicyclic amines) is 1. The molecule has 120 valence electrons. The number of allylic oxidation sites excluding steroid dienone is 2. The zero-order valence-electron chi connectivity index (χ0n) is 13.8. The van der Waals surface area contributed by atoms with Crippen LogP contribution >= 0.6 is 0 Å². The number of ether oxygens (including phenoxy) is 2. The van der Waals surface area contributed by atoms with E-state index in [1.807, 2.05) is 0 Å². The summed E-state index contributed by atoms with van der Waals surface area (Å²) in [5.41, 5.74) is 9.48. The molecule has 1 aromatic carbocycles. The third kappa shape index (κ3) is 3.28. The van der Waals surface area contributed by atoms with Gasteiger partial charge in [-0.15, -0.1) is 0 Å². The van der Waals surface area contributed by atoms with E-state index in [9.17, 15) is 0 Å². The number of hydrogen-bond acceptors (Lipinski definition) is 4. The Kier molecular flexibility index (Phi) is 4.41. The van der Waals surface area contributed by atoms with E-state index in [1.54, 1.807) is 7.11 Å². The number of aryl methyl sites for hydroxylation is 1. The molecule has 1 aliphatic carbocycles. The summed E-state index contributed by atoms with van der Waals surface area (Å²) in [5, 5.41) is 0. The van der Waals surface area contributed by atoms with Crippen molar-refractivity contribution in [1.82, 2.24) is 4.90 Å². The Labute approximate surface area is 132 Å². The van der Waals surface area contributed by atoms with Crippen molar-refractivity contribution in [3.8, 4) is 5.75 Å². The molecule has 2 unspecified atom stereocenters. The van der Waals surface area contributed by atoms with Gasteiger partial charge in [0.25, 0.3) is 0 Å². The van der Waals surface area contributed by atoms with Gasteiger partial charge < -0.3 is 20.1 Å². The van der Waals surface area contributed by atoms with Gasteiger partial charge in [-0.05, 0) is 68.6 Å². The molecule has 4 nitrogen and oxygen atoms in total. The molecule has 1 aliphatic heterocycles. The first-order valence-electron chi connectivity index (χ1n) is 8.04. The minimum atomic E-state index is 0.483. The van der Waals surface area contributed by atoms with Crippen molar-refractivity contribution >= 4 is 5.69 Å². The van der Waals surface area contributed by atoms with Gasteiger partial charge in [-0.25, -0.2) is 0 Å². The minimum Gasteiger partial charge on any atom is -0.460 e. The van der Waals surface area contributed by atoms with Crippen LogP contribution in [0.15, 0.2) is 24.0 Å². The summed E-state index contributed by atoms with van der Waals surface area (Å²) in [5.74, 6) is 2.39. The number of methoxy groups -OCH3 is 1. The summed E-state index contributed by atoms with van der Waals surface area (Å²) in [6, 6.07) is 4.69. The molecule has 1 aromatic rings. The van der Waals surface area contributed by atoms with E-state index in [1.165, 1.54) is 17.5 Å². The molecule has 0 bridgehead atoms. The largest absolute Gasteiger partial charge is 0.460 e. The highest BCUT2D eigenvalue weighted by atomic mass is 16.5. The SMILES string of the molecule is COCC1CC(c2cc(OC3=CC3)c(N)cc2C)CCN1C. The van der Waals surface area contributed by atoms with Crippen LogP contribution in [0.3, 0.4) is 0 Å². The van der Waals surface area contributed by atoms with Gasteiger partial charge in [0.1, 0.15) is 11.5 Å². The predicted octanol–water partition coefficient (Wildman–Crippen LogP) is 3.07. The monoisotopic (exact) mass is 302 g/mol. The number of nitrogens with zero attached hydrogens (tertiary/aromatic N) is 1. The third-order valence-electron chi connectivity index (χ3n) is 4.82. The van der Waals surface area contributed by atoms with Crippen molar-refractivity contribution in [2.75, 3.05) is 33.0 Å². The molecule has 2 aliphatic rings. The number of piperidine rings is 1. The van der Waals surface area contributed by atoms with Crippen LogP contribution in [0.2, 0.25) is 0 Å². The molecule has 1 saturated heterocycles. The first kappa shape index (κ1) is 15.4. The maximum atomic E-state index is 6.11. The highest BCUT2D eigenvalue weighted by molar-refractivity contribution is 5.58. The van der Waals surface area contributed by atoms with E-state index in [4.69, 9.17) is 15.2 Å². The summed E-state index contributed by atoms with van der Waals surface area (Å²) >= 11 is 0. The lowest BCUT2D eigenvalue weighted by Crippen LogP contribution is -2.41. The summed E-state index contributed by atoms with van der Waals surface area (Å²) in [6.07, 6.45) is 5.32. The van der Waals surface area contributed by atoms with Gasteiger partial charge in [0.2, 0.25) is 0 Å². The Balaban J connectivity index is 1.82.